The minimum Gasteiger partial charge on any atom is -0.395 e. The number of aliphatic hydroxyl groups excluding tert-OH is 1. The maximum absolute atomic E-state index is 12.2. The number of carbonyl (C=O) groups excluding carboxylic acids is 1. The Bertz CT molecular complexity index is 479. The van der Waals surface area contributed by atoms with Gasteiger partial charge in [-0.1, -0.05) is 23.7 Å². The van der Waals surface area contributed by atoms with E-state index in [1.807, 2.05) is 37.4 Å². The Morgan fingerprint density at radius 1 is 1.60 bits per heavy atom. The first-order valence-electron chi connectivity index (χ1n) is 6.76. The number of nitrogens with one attached hydrogen (secondary N) is 1. The van der Waals surface area contributed by atoms with E-state index >= 15 is 0 Å². The van der Waals surface area contributed by atoms with Gasteiger partial charge in [0.05, 0.1) is 6.61 Å². The monoisotopic (exact) mass is 313 g/mol. The van der Waals surface area contributed by atoms with Crippen molar-refractivity contribution in [1.29, 1.82) is 0 Å². The molecule has 110 valence electrons. The van der Waals surface area contributed by atoms with Crippen LogP contribution in [0.15, 0.2) is 24.3 Å². The van der Waals surface area contributed by atoms with E-state index in [0.717, 1.165) is 12.0 Å². The highest BCUT2D eigenvalue weighted by Gasteiger charge is 2.44. The number of thioether (sulfide) groups is 1. The molecule has 1 saturated carbocycles. The van der Waals surface area contributed by atoms with Crippen molar-refractivity contribution in [3.8, 4) is 0 Å². The summed E-state index contributed by atoms with van der Waals surface area (Å²) in [5.41, 5.74) is 1.13. The molecule has 5 heteroatoms. The first-order valence-corrected chi connectivity index (χ1v) is 8.43. The third-order valence-corrected chi connectivity index (χ3v) is 5.21. The van der Waals surface area contributed by atoms with Crippen molar-refractivity contribution in [3.63, 3.8) is 0 Å². The van der Waals surface area contributed by atoms with Crippen molar-refractivity contribution >= 4 is 29.3 Å². The van der Waals surface area contributed by atoms with Gasteiger partial charge >= 0.3 is 0 Å². The smallest absolute Gasteiger partial charge is 0.223 e. The molecule has 0 unspecified atom stereocenters. The van der Waals surface area contributed by atoms with Gasteiger partial charge in [-0.2, -0.15) is 11.8 Å². The Labute approximate surface area is 129 Å². The van der Waals surface area contributed by atoms with E-state index in [1.165, 1.54) is 0 Å². The molecule has 0 spiro atoms. The molecular formula is C15H20ClNO2S. The number of hydrogen-bond donors (Lipinski definition) is 2. The fourth-order valence-electron chi connectivity index (χ4n) is 2.45. The van der Waals surface area contributed by atoms with Crippen molar-refractivity contribution in [2.24, 2.45) is 5.92 Å². The number of halogens is 1. The molecule has 1 amide bonds. The summed E-state index contributed by atoms with van der Waals surface area (Å²) >= 11 is 7.55. The maximum Gasteiger partial charge on any atom is 0.223 e. The summed E-state index contributed by atoms with van der Waals surface area (Å²) in [5.74, 6) is 0.398. The molecule has 0 aromatic heterocycles. The van der Waals surface area contributed by atoms with Gasteiger partial charge in [-0.3, -0.25) is 4.79 Å². The Morgan fingerprint density at radius 2 is 2.35 bits per heavy atom. The molecule has 0 bridgehead atoms. The second kappa shape index (κ2) is 6.83. The van der Waals surface area contributed by atoms with E-state index in [0.29, 0.717) is 5.02 Å². The van der Waals surface area contributed by atoms with Gasteiger partial charge in [-0.05, 0) is 43.2 Å². The Balaban J connectivity index is 1.90. The van der Waals surface area contributed by atoms with Gasteiger partial charge in [-0.15, -0.1) is 0 Å². The van der Waals surface area contributed by atoms with E-state index in [2.05, 4.69) is 5.32 Å². The molecule has 20 heavy (non-hydrogen) atoms. The fraction of sp³-hybridized carbons (Fsp3) is 0.533. The fourth-order valence-corrected chi connectivity index (χ4v) is 3.28. The number of carbonyl (C=O) groups is 1. The summed E-state index contributed by atoms with van der Waals surface area (Å²) in [6.45, 7) is 2.01. The average molecular weight is 314 g/mol. The lowest BCUT2D eigenvalue weighted by molar-refractivity contribution is -0.123. The molecule has 2 N–H and O–H groups in total. The quantitative estimate of drug-likeness (QED) is 0.849. The lowest BCUT2D eigenvalue weighted by Crippen LogP contribution is -2.42. The number of hydrogen-bond acceptors (Lipinski definition) is 3. The first kappa shape index (κ1) is 15.7. The molecule has 2 rings (SSSR count). The van der Waals surface area contributed by atoms with Crippen LogP contribution in [0, 0.1) is 5.92 Å². The van der Waals surface area contributed by atoms with Crippen LogP contribution in [0.3, 0.4) is 0 Å². The molecule has 0 heterocycles. The minimum absolute atomic E-state index is 0.0249. The van der Waals surface area contributed by atoms with Crippen molar-refractivity contribution in [3.05, 3.63) is 34.9 Å². The number of rotatable bonds is 6. The third kappa shape index (κ3) is 3.68. The van der Waals surface area contributed by atoms with E-state index < -0.39 is 0 Å². The highest BCUT2D eigenvalue weighted by molar-refractivity contribution is 7.99. The predicted octanol–water partition coefficient (Wildman–Crippen LogP) is 2.67. The van der Waals surface area contributed by atoms with Crippen LogP contribution in [0.1, 0.15) is 24.8 Å². The second-order valence-corrected chi connectivity index (χ2v) is 6.77. The first-order chi connectivity index (χ1) is 9.56. The highest BCUT2D eigenvalue weighted by Crippen LogP contribution is 2.48. The van der Waals surface area contributed by atoms with Crippen molar-refractivity contribution in [2.45, 2.75) is 30.6 Å². The molecule has 1 fully saturated rings. The standard InChI is InChI=1S/C15H20ClNO2S/c1-9(14(8-18)20-2)17-15(19)13-7-12(13)10-4-3-5-11(16)6-10/h3-6,9,12-14,18H,7-8H2,1-2H3,(H,17,19)/t9-,12+,13-,14+/m0/s1. The van der Waals surface area contributed by atoms with Crippen LogP contribution in [0.25, 0.3) is 0 Å². The van der Waals surface area contributed by atoms with Crippen LogP contribution in [0.2, 0.25) is 5.02 Å². The van der Waals surface area contributed by atoms with Crippen LogP contribution in [0.5, 0.6) is 0 Å². The Kier molecular flexibility index (Phi) is 5.35. The third-order valence-electron chi connectivity index (χ3n) is 3.81. The maximum atomic E-state index is 12.2. The molecular weight excluding hydrogens is 294 g/mol. The summed E-state index contributed by atoms with van der Waals surface area (Å²) in [7, 11) is 0. The van der Waals surface area contributed by atoms with E-state index in [4.69, 9.17) is 11.6 Å². The molecule has 1 aromatic carbocycles. The van der Waals surface area contributed by atoms with E-state index in [1.54, 1.807) is 11.8 Å². The average Bonchev–Trinajstić information content (AvgIpc) is 3.20. The molecule has 1 aliphatic rings. The van der Waals surface area contributed by atoms with Crippen LogP contribution in [-0.4, -0.2) is 35.2 Å². The SMILES string of the molecule is CS[C@H](CO)[C@H](C)NC(=O)[C@H]1C[C@@H]1c1cccc(Cl)c1. The van der Waals surface area contributed by atoms with Crippen molar-refractivity contribution in [1.82, 2.24) is 5.32 Å². The molecule has 1 aliphatic carbocycles. The zero-order chi connectivity index (χ0) is 14.7. The largest absolute Gasteiger partial charge is 0.395 e. The van der Waals surface area contributed by atoms with Gasteiger partial charge in [0.25, 0.3) is 0 Å². The molecule has 0 saturated heterocycles. The van der Waals surface area contributed by atoms with Gasteiger partial charge in [0, 0.05) is 22.2 Å². The second-order valence-electron chi connectivity index (χ2n) is 5.26. The summed E-state index contributed by atoms with van der Waals surface area (Å²) in [5, 5.41) is 13.0. The van der Waals surface area contributed by atoms with Crippen molar-refractivity contribution < 1.29 is 9.90 Å². The van der Waals surface area contributed by atoms with Crippen LogP contribution in [-0.2, 0) is 4.79 Å². The number of amides is 1. The van der Waals surface area contributed by atoms with E-state index in [-0.39, 0.29) is 35.6 Å². The molecule has 0 aliphatic heterocycles. The zero-order valence-corrected chi connectivity index (χ0v) is 13.2. The lowest BCUT2D eigenvalue weighted by Gasteiger charge is -2.21. The lowest BCUT2D eigenvalue weighted by atomic mass is 10.1. The summed E-state index contributed by atoms with van der Waals surface area (Å²) < 4.78 is 0. The Hall–Kier alpha value is -0.710. The molecule has 1 aromatic rings. The summed E-state index contributed by atoms with van der Waals surface area (Å²) in [6, 6.07) is 7.69. The number of aliphatic hydroxyl groups is 1. The highest BCUT2D eigenvalue weighted by atomic mass is 35.5. The topological polar surface area (TPSA) is 49.3 Å². The van der Waals surface area contributed by atoms with Crippen LogP contribution < -0.4 is 5.32 Å². The zero-order valence-electron chi connectivity index (χ0n) is 11.7. The minimum atomic E-state index is -0.0249. The van der Waals surface area contributed by atoms with Crippen LogP contribution in [0.4, 0.5) is 0 Å². The summed E-state index contributed by atoms with van der Waals surface area (Å²) in [4.78, 5) is 12.2. The molecule has 4 atom stereocenters. The van der Waals surface area contributed by atoms with Gasteiger partial charge in [0.15, 0.2) is 0 Å². The Morgan fingerprint density at radius 3 is 2.95 bits per heavy atom. The van der Waals surface area contributed by atoms with Gasteiger partial charge < -0.3 is 10.4 Å². The normalized spacial score (nSPS) is 24.0. The van der Waals surface area contributed by atoms with Gasteiger partial charge in [-0.25, -0.2) is 0 Å². The van der Waals surface area contributed by atoms with Crippen molar-refractivity contribution in [2.75, 3.05) is 12.9 Å². The van der Waals surface area contributed by atoms with Gasteiger partial charge in [0.2, 0.25) is 5.91 Å². The molecule has 3 nitrogen and oxygen atoms in total. The number of benzene rings is 1. The predicted molar refractivity (Wildman–Crippen MR) is 84.3 cm³/mol. The molecule has 0 radical (unpaired) electrons. The van der Waals surface area contributed by atoms with Gasteiger partial charge in [0.1, 0.15) is 0 Å². The summed E-state index contributed by atoms with van der Waals surface area (Å²) in [6.07, 6.45) is 2.82. The van der Waals surface area contributed by atoms with Crippen LogP contribution >= 0.6 is 23.4 Å². The van der Waals surface area contributed by atoms with E-state index in [9.17, 15) is 9.90 Å².